The summed E-state index contributed by atoms with van der Waals surface area (Å²) in [6.07, 6.45) is 1.18. The second kappa shape index (κ2) is 3.89. The topological polar surface area (TPSA) is 12.0 Å². The first-order valence-electron chi connectivity index (χ1n) is 6.23. The fourth-order valence-electron chi connectivity index (χ4n) is 2.72. The zero-order valence-electron chi connectivity index (χ0n) is 11.1. The lowest BCUT2D eigenvalue weighted by Gasteiger charge is -2.37. The van der Waals surface area contributed by atoms with Crippen molar-refractivity contribution in [2.75, 3.05) is 6.54 Å². The molecular weight excluding hydrogens is 194 g/mol. The summed E-state index contributed by atoms with van der Waals surface area (Å²) in [5.74, 6) is 0. The highest BCUT2D eigenvalue weighted by Gasteiger charge is 2.30. The van der Waals surface area contributed by atoms with Gasteiger partial charge in [-0.25, -0.2) is 0 Å². The second-order valence-corrected chi connectivity index (χ2v) is 6.08. The Hall–Kier alpha value is -0.820. The summed E-state index contributed by atoms with van der Waals surface area (Å²) in [6, 6.07) is 5.08. The van der Waals surface area contributed by atoms with Gasteiger partial charge in [0.25, 0.3) is 0 Å². The highest BCUT2D eigenvalue weighted by molar-refractivity contribution is 5.43. The van der Waals surface area contributed by atoms with Gasteiger partial charge in [-0.3, -0.25) is 0 Å². The van der Waals surface area contributed by atoms with Crippen LogP contribution in [-0.4, -0.2) is 6.54 Å². The van der Waals surface area contributed by atoms with Gasteiger partial charge in [0.2, 0.25) is 0 Å². The molecule has 0 fully saturated rings. The lowest BCUT2D eigenvalue weighted by atomic mass is 9.77. The van der Waals surface area contributed by atoms with Crippen LogP contribution < -0.4 is 5.32 Å². The molecule has 88 valence electrons. The van der Waals surface area contributed by atoms with Crippen LogP contribution in [-0.2, 0) is 6.42 Å². The molecular formula is C15H23N. The summed E-state index contributed by atoms with van der Waals surface area (Å²) in [5.41, 5.74) is 6.30. The molecule has 1 aromatic rings. The Morgan fingerprint density at radius 3 is 2.50 bits per heavy atom. The lowest BCUT2D eigenvalue weighted by molar-refractivity contribution is 0.263. The van der Waals surface area contributed by atoms with E-state index in [1.54, 1.807) is 5.56 Å². The Morgan fingerprint density at radius 1 is 1.19 bits per heavy atom. The van der Waals surface area contributed by atoms with E-state index in [0.29, 0.717) is 6.04 Å². The maximum absolute atomic E-state index is 3.66. The average Bonchev–Trinajstić information content (AvgIpc) is 2.21. The van der Waals surface area contributed by atoms with Crippen molar-refractivity contribution in [3.63, 3.8) is 0 Å². The molecule has 0 spiro atoms. The molecule has 1 atom stereocenters. The molecule has 2 rings (SSSR count). The molecule has 1 N–H and O–H groups in total. The van der Waals surface area contributed by atoms with Crippen LogP contribution in [0.25, 0.3) is 0 Å². The molecule has 1 aliphatic rings. The molecule has 1 aliphatic heterocycles. The minimum absolute atomic E-state index is 0.289. The van der Waals surface area contributed by atoms with Crippen LogP contribution in [0.4, 0.5) is 0 Å². The van der Waals surface area contributed by atoms with Gasteiger partial charge in [0, 0.05) is 6.04 Å². The van der Waals surface area contributed by atoms with E-state index in [-0.39, 0.29) is 5.41 Å². The number of fused-ring (bicyclic) bond motifs is 1. The molecule has 1 heterocycles. The van der Waals surface area contributed by atoms with Crippen molar-refractivity contribution in [1.82, 2.24) is 5.32 Å². The summed E-state index contributed by atoms with van der Waals surface area (Å²) >= 11 is 0. The van der Waals surface area contributed by atoms with Crippen LogP contribution >= 0.6 is 0 Å². The Kier molecular flexibility index (Phi) is 2.83. The molecule has 0 bridgehead atoms. The first-order valence-corrected chi connectivity index (χ1v) is 6.23. The van der Waals surface area contributed by atoms with E-state index >= 15 is 0 Å². The van der Waals surface area contributed by atoms with Crippen LogP contribution in [0.2, 0.25) is 0 Å². The molecule has 1 nitrogen and oxygen atoms in total. The molecule has 0 aliphatic carbocycles. The Bertz CT molecular complexity index is 399. The Morgan fingerprint density at radius 2 is 1.88 bits per heavy atom. The fourth-order valence-corrected chi connectivity index (χ4v) is 2.72. The fraction of sp³-hybridized carbons (Fsp3) is 0.600. The van der Waals surface area contributed by atoms with Crippen LogP contribution in [0.15, 0.2) is 12.1 Å². The predicted octanol–water partition coefficient (Wildman–Crippen LogP) is 3.54. The number of aryl methyl sites for hydroxylation is 1. The molecule has 1 aromatic carbocycles. The minimum Gasteiger partial charge on any atom is -0.309 e. The summed E-state index contributed by atoms with van der Waals surface area (Å²) in [4.78, 5) is 0. The Balaban J connectivity index is 2.52. The van der Waals surface area contributed by atoms with Crippen molar-refractivity contribution in [3.8, 4) is 0 Å². The maximum atomic E-state index is 3.66. The number of rotatable bonds is 0. The normalized spacial score (nSPS) is 20.7. The van der Waals surface area contributed by atoms with Crippen molar-refractivity contribution in [2.24, 2.45) is 5.41 Å². The van der Waals surface area contributed by atoms with Crippen LogP contribution in [0, 0.1) is 19.3 Å². The van der Waals surface area contributed by atoms with E-state index in [2.05, 4.69) is 52.1 Å². The van der Waals surface area contributed by atoms with E-state index in [1.165, 1.54) is 23.1 Å². The third kappa shape index (κ3) is 1.89. The summed E-state index contributed by atoms with van der Waals surface area (Å²) in [6.45, 7) is 12.5. The molecule has 0 amide bonds. The van der Waals surface area contributed by atoms with Gasteiger partial charge in [-0.05, 0) is 54.5 Å². The van der Waals surface area contributed by atoms with Gasteiger partial charge in [-0.1, -0.05) is 32.9 Å². The number of hydrogen-bond acceptors (Lipinski definition) is 1. The lowest BCUT2D eigenvalue weighted by Crippen LogP contribution is -2.38. The third-order valence-electron chi connectivity index (χ3n) is 3.81. The predicted molar refractivity (Wildman–Crippen MR) is 69.8 cm³/mol. The summed E-state index contributed by atoms with van der Waals surface area (Å²) < 4.78 is 0. The highest BCUT2D eigenvalue weighted by Crippen LogP contribution is 2.38. The Labute approximate surface area is 99.3 Å². The van der Waals surface area contributed by atoms with Crippen LogP contribution in [0.5, 0.6) is 0 Å². The van der Waals surface area contributed by atoms with Gasteiger partial charge in [0.15, 0.2) is 0 Å². The zero-order valence-corrected chi connectivity index (χ0v) is 11.1. The third-order valence-corrected chi connectivity index (χ3v) is 3.81. The van der Waals surface area contributed by atoms with Crippen molar-refractivity contribution >= 4 is 0 Å². The molecule has 0 radical (unpaired) electrons. The summed E-state index contributed by atoms with van der Waals surface area (Å²) in [7, 11) is 0. The molecule has 0 aromatic heterocycles. The number of hydrogen-bond donors (Lipinski definition) is 1. The maximum Gasteiger partial charge on any atom is 0.0372 e. The van der Waals surface area contributed by atoms with Crippen molar-refractivity contribution in [1.29, 1.82) is 0 Å². The van der Waals surface area contributed by atoms with Crippen molar-refractivity contribution in [3.05, 3.63) is 34.4 Å². The van der Waals surface area contributed by atoms with Crippen molar-refractivity contribution < 1.29 is 0 Å². The second-order valence-electron chi connectivity index (χ2n) is 6.08. The summed E-state index contributed by atoms with van der Waals surface area (Å²) in [5, 5.41) is 3.66. The van der Waals surface area contributed by atoms with Crippen LogP contribution in [0.1, 0.15) is 49.1 Å². The van der Waals surface area contributed by atoms with Gasteiger partial charge in [-0.15, -0.1) is 0 Å². The largest absolute Gasteiger partial charge is 0.309 e. The molecule has 0 saturated heterocycles. The van der Waals surface area contributed by atoms with E-state index in [0.717, 1.165) is 6.54 Å². The smallest absolute Gasteiger partial charge is 0.0372 e. The highest BCUT2D eigenvalue weighted by atomic mass is 14.9. The molecule has 0 saturated carbocycles. The van der Waals surface area contributed by atoms with E-state index in [1.807, 2.05) is 0 Å². The quantitative estimate of drug-likeness (QED) is 0.701. The molecule has 1 unspecified atom stereocenters. The van der Waals surface area contributed by atoms with E-state index < -0.39 is 0 Å². The standard InChI is InChI=1S/C15H23N/c1-10-6-7-13-12(11(10)2)8-9-16-14(13)15(3,4)5/h6-7,14,16H,8-9H2,1-5H3. The van der Waals surface area contributed by atoms with Gasteiger partial charge < -0.3 is 5.32 Å². The van der Waals surface area contributed by atoms with Gasteiger partial charge in [-0.2, -0.15) is 0 Å². The first-order chi connectivity index (χ1) is 7.41. The SMILES string of the molecule is Cc1ccc2c(c1C)CCNC2C(C)(C)C. The zero-order chi connectivity index (χ0) is 11.9. The van der Waals surface area contributed by atoms with Gasteiger partial charge in [0.1, 0.15) is 0 Å². The average molecular weight is 217 g/mol. The van der Waals surface area contributed by atoms with E-state index in [9.17, 15) is 0 Å². The number of benzene rings is 1. The molecule has 1 heteroatoms. The van der Waals surface area contributed by atoms with E-state index in [4.69, 9.17) is 0 Å². The molecule has 16 heavy (non-hydrogen) atoms. The van der Waals surface area contributed by atoms with Gasteiger partial charge >= 0.3 is 0 Å². The number of nitrogens with one attached hydrogen (secondary N) is 1. The first kappa shape index (κ1) is 11.7. The monoisotopic (exact) mass is 217 g/mol. The van der Waals surface area contributed by atoms with Crippen molar-refractivity contribution in [2.45, 2.75) is 47.1 Å². The minimum atomic E-state index is 0.289. The van der Waals surface area contributed by atoms with Gasteiger partial charge in [0.05, 0.1) is 0 Å². The van der Waals surface area contributed by atoms with Crippen LogP contribution in [0.3, 0.4) is 0 Å².